The summed E-state index contributed by atoms with van der Waals surface area (Å²) in [5, 5.41) is 9.66. The predicted molar refractivity (Wildman–Crippen MR) is 80.6 cm³/mol. The topological polar surface area (TPSA) is 29.5 Å². The summed E-state index contributed by atoms with van der Waals surface area (Å²) in [5.74, 6) is -2.85. The maximum Gasteiger partial charge on any atom is 0.306 e. The number of hydrogen-bond acceptors (Lipinski definition) is 2. The van der Waals surface area contributed by atoms with Crippen LogP contribution in [0.3, 0.4) is 0 Å². The summed E-state index contributed by atoms with van der Waals surface area (Å²) in [4.78, 5) is 0. The minimum absolute atomic E-state index is 0.0985. The van der Waals surface area contributed by atoms with E-state index < -0.39 is 18.6 Å². The first-order valence-electron chi connectivity index (χ1n) is 6.44. The van der Waals surface area contributed by atoms with Gasteiger partial charge in [-0.2, -0.15) is 8.78 Å². The Morgan fingerprint density at radius 3 is 2.48 bits per heavy atom. The van der Waals surface area contributed by atoms with E-state index in [1.807, 2.05) is 0 Å². The molecule has 5 heteroatoms. The van der Waals surface area contributed by atoms with E-state index in [4.69, 9.17) is 4.74 Å². The van der Waals surface area contributed by atoms with Crippen molar-refractivity contribution < 1.29 is 18.6 Å². The Morgan fingerprint density at radius 1 is 1.19 bits per heavy atom. The van der Waals surface area contributed by atoms with E-state index in [1.54, 1.807) is 43.3 Å². The fraction of sp³-hybridized carbons (Fsp3) is 0.250. The van der Waals surface area contributed by atoms with Crippen LogP contribution in [0, 0.1) is 0 Å². The SMILES string of the molecule is CC(O)c1ccc(Br)cc1OCC(F)(F)c1ccccc1. The molecule has 0 aliphatic heterocycles. The molecule has 2 aromatic carbocycles. The second-order valence-corrected chi connectivity index (χ2v) is 5.63. The Bertz CT molecular complexity index is 600. The van der Waals surface area contributed by atoms with Crippen LogP contribution in [0.4, 0.5) is 8.78 Å². The number of aliphatic hydroxyl groups is 1. The number of ether oxygens (including phenoxy) is 1. The molecule has 0 fully saturated rings. The van der Waals surface area contributed by atoms with Gasteiger partial charge in [-0.05, 0) is 19.1 Å². The van der Waals surface area contributed by atoms with Crippen LogP contribution in [0.15, 0.2) is 53.0 Å². The van der Waals surface area contributed by atoms with E-state index >= 15 is 0 Å². The molecule has 2 aromatic rings. The molecule has 0 heterocycles. The van der Waals surface area contributed by atoms with Crippen molar-refractivity contribution in [2.24, 2.45) is 0 Å². The van der Waals surface area contributed by atoms with Gasteiger partial charge in [-0.3, -0.25) is 0 Å². The molecule has 0 radical (unpaired) electrons. The predicted octanol–water partition coefficient (Wildman–Crippen LogP) is 4.67. The molecule has 0 bridgehead atoms. The summed E-state index contributed by atoms with van der Waals surface area (Å²) < 4.78 is 34.1. The van der Waals surface area contributed by atoms with Crippen molar-refractivity contribution in [2.75, 3.05) is 6.61 Å². The van der Waals surface area contributed by atoms with Crippen molar-refractivity contribution in [1.29, 1.82) is 0 Å². The molecule has 0 aliphatic carbocycles. The average Bonchev–Trinajstić information content (AvgIpc) is 2.46. The first-order valence-corrected chi connectivity index (χ1v) is 7.23. The molecule has 0 spiro atoms. The zero-order valence-corrected chi connectivity index (χ0v) is 13.0. The summed E-state index contributed by atoms with van der Waals surface area (Å²) in [5.41, 5.74) is 0.376. The van der Waals surface area contributed by atoms with Crippen molar-refractivity contribution >= 4 is 15.9 Å². The number of aliphatic hydroxyl groups excluding tert-OH is 1. The van der Waals surface area contributed by atoms with E-state index in [2.05, 4.69) is 15.9 Å². The number of benzene rings is 2. The van der Waals surface area contributed by atoms with E-state index in [0.717, 1.165) is 0 Å². The van der Waals surface area contributed by atoms with E-state index in [0.29, 0.717) is 10.0 Å². The molecule has 1 atom stereocenters. The third-order valence-electron chi connectivity index (χ3n) is 3.03. The smallest absolute Gasteiger partial charge is 0.306 e. The van der Waals surface area contributed by atoms with Crippen LogP contribution in [-0.2, 0) is 5.92 Å². The van der Waals surface area contributed by atoms with Gasteiger partial charge in [0, 0.05) is 15.6 Å². The van der Waals surface area contributed by atoms with Crippen LogP contribution < -0.4 is 4.74 Å². The average molecular weight is 357 g/mol. The van der Waals surface area contributed by atoms with Crippen molar-refractivity contribution in [3.05, 3.63) is 64.1 Å². The Morgan fingerprint density at radius 2 is 1.86 bits per heavy atom. The summed E-state index contributed by atoms with van der Waals surface area (Å²) >= 11 is 3.26. The first-order chi connectivity index (χ1) is 9.90. The van der Waals surface area contributed by atoms with E-state index in [-0.39, 0.29) is 11.3 Å². The number of halogens is 3. The molecule has 0 aromatic heterocycles. The van der Waals surface area contributed by atoms with Crippen molar-refractivity contribution in [3.8, 4) is 5.75 Å². The van der Waals surface area contributed by atoms with Gasteiger partial charge in [-0.15, -0.1) is 0 Å². The lowest BCUT2D eigenvalue weighted by Crippen LogP contribution is -2.23. The molecule has 0 amide bonds. The maximum atomic E-state index is 14.1. The zero-order valence-electron chi connectivity index (χ0n) is 11.4. The quantitative estimate of drug-likeness (QED) is 0.843. The van der Waals surface area contributed by atoms with Gasteiger partial charge >= 0.3 is 5.92 Å². The van der Waals surface area contributed by atoms with Crippen LogP contribution >= 0.6 is 15.9 Å². The molecule has 0 aliphatic rings. The normalized spacial score (nSPS) is 13.0. The molecule has 0 saturated heterocycles. The van der Waals surface area contributed by atoms with Gasteiger partial charge in [0.1, 0.15) is 5.75 Å². The minimum Gasteiger partial charge on any atom is -0.486 e. The first kappa shape index (κ1) is 15.9. The van der Waals surface area contributed by atoms with Crippen LogP contribution in [0.1, 0.15) is 24.2 Å². The molecule has 1 unspecified atom stereocenters. The summed E-state index contributed by atoms with van der Waals surface area (Å²) in [6, 6.07) is 12.5. The van der Waals surface area contributed by atoms with Crippen LogP contribution in [0.25, 0.3) is 0 Å². The highest BCUT2D eigenvalue weighted by Gasteiger charge is 2.32. The number of alkyl halides is 2. The standard InChI is InChI=1S/C16H15BrF2O2/c1-11(20)14-8-7-13(17)9-15(14)21-10-16(18,19)12-5-3-2-4-6-12/h2-9,11,20H,10H2,1H3. The summed E-state index contributed by atoms with van der Waals surface area (Å²) in [6.45, 7) is 0.776. The minimum atomic E-state index is -3.10. The molecule has 21 heavy (non-hydrogen) atoms. The maximum absolute atomic E-state index is 14.1. The Balaban J connectivity index is 2.18. The summed E-state index contributed by atoms with van der Waals surface area (Å²) in [6.07, 6.45) is -0.793. The Kier molecular flexibility index (Phi) is 4.96. The monoisotopic (exact) mass is 356 g/mol. The lowest BCUT2D eigenvalue weighted by Gasteiger charge is -2.20. The largest absolute Gasteiger partial charge is 0.486 e. The van der Waals surface area contributed by atoms with Crippen molar-refractivity contribution in [3.63, 3.8) is 0 Å². The van der Waals surface area contributed by atoms with Crippen LogP contribution in [-0.4, -0.2) is 11.7 Å². The van der Waals surface area contributed by atoms with E-state index in [9.17, 15) is 13.9 Å². The van der Waals surface area contributed by atoms with Gasteiger partial charge in [0.05, 0.1) is 6.10 Å². The van der Waals surface area contributed by atoms with Crippen LogP contribution in [0.2, 0.25) is 0 Å². The Hall–Kier alpha value is -1.46. The van der Waals surface area contributed by atoms with E-state index in [1.165, 1.54) is 12.1 Å². The highest BCUT2D eigenvalue weighted by Crippen LogP contribution is 2.32. The highest BCUT2D eigenvalue weighted by molar-refractivity contribution is 9.10. The molecular weight excluding hydrogens is 342 g/mol. The van der Waals surface area contributed by atoms with Crippen molar-refractivity contribution in [1.82, 2.24) is 0 Å². The molecule has 1 N–H and O–H groups in total. The van der Waals surface area contributed by atoms with Gasteiger partial charge < -0.3 is 9.84 Å². The highest BCUT2D eigenvalue weighted by atomic mass is 79.9. The number of hydrogen-bond donors (Lipinski definition) is 1. The third kappa shape index (κ3) is 4.02. The van der Waals surface area contributed by atoms with Gasteiger partial charge in [-0.25, -0.2) is 0 Å². The molecule has 0 saturated carbocycles. The lowest BCUT2D eigenvalue weighted by molar-refractivity contribution is -0.0473. The zero-order chi connectivity index (χ0) is 15.5. The lowest BCUT2D eigenvalue weighted by atomic mass is 10.1. The number of rotatable bonds is 5. The van der Waals surface area contributed by atoms with Crippen LogP contribution in [0.5, 0.6) is 5.75 Å². The Labute approximate surface area is 130 Å². The fourth-order valence-corrected chi connectivity index (χ4v) is 2.25. The molecular formula is C16H15BrF2O2. The molecule has 2 nitrogen and oxygen atoms in total. The van der Waals surface area contributed by atoms with Crippen molar-refractivity contribution in [2.45, 2.75) is 19.0 Å². The summed E-state index contributed by atoms with van der Waals surface area (Å²) in [7, 11) is 0. The molecule has 2 rings (SSSR count). The second-order valence-electron chi connectivity index (χ2n) is 4.72. The van der Waals surface area contributed by atoms with Gasteiger partial charge in [0.15, 0.2) is 6.61 Å². The third-order valence-corrected chi connectivity index (χ3v) is 3.52. The van der Waals surface area contributed by atoms with Gasteiger partial charge in [-0.1, -0.05) is 52.3 Å². The van der Waals surface area contributed by atoms with Gasteiger partial charge in [0.25, 0.3) is 0 Å². The fourth-order valence-electron chi connectivity index (χ4n) is 1.91. The van der Waals surface area contributed by atoms with Gasteiger partial charge in [0.2, 0.25) is 0 Å². The molecule has 112 valence electrons. The second kappa shape index (κ2) is 6.54.